The molecule has 0 spiro atoms. The number of phenols is 1. The SMILES string of the molecule is CC(C)Cn1c(CN)c(-c2ccc(Cl)cc2)c2cc(O)ccc2c1=O.Cl. The van der Waals surface area contributed by atoms with Crippen molar-refractivity contribution in [3.05, 3.63) is 63.5 Å². The number of benzene rings is 2. The summed E-state index contributed by atoms with van der Waals surface area (Å²) in [5.74, 6) is 0.419. The van der Waals surface area contributed by atoms with Gasteiger partial charge >= 0.3 is 0 Å². The van der Waals surface area contributed by atoms with Gasteiger partial charge in [-0.25, -0.2) is 0 Å². The van der Waals surface area contributed by atoms with Gasteiger partial charge in [0, 0.05) is 40.1 Å². The van der Waals surface area contributed by atoms with E-state index >= 15 is 0 Å². The molecule has 0 bridgehead atoms. The van der Waals surface area contributed by atoms with Crippen molar-refractivity contribution in [1.82, 2.24) is 4.57 Å². The number of halogens is 2. The van der Waals surface area contributed by atoms with E-state index in [0.717, 1.165) is 16.8 Å². The number of fused-ring (bicyclic) bond motifs is 1. The molecule has 0 saturated heterocycles. The maximum absolute atomic E-state index is 13.0. The molecule has 0 fully saturated rings. The van der Waals surface area contributed by atoms with Crippen LogP contribution < -0.4 is 11.3 Å². The lowest BCUT2D eigenvalue weighted by Gasteiger charge is -2.20. The van der Waals surface area contributed by atoms with Gasteiger partial charge in [-0.2, -0.15) is 0 Å². The van der Waals surface area contributed by atoms with Crippen molar-refractivity contribution >= 4 is 34.8 Å². The molecular weight excluding hydrogens is 371 g/mol. The van der Waals surface area contributed by atoms with Crippen LogP contribution in [-0.2, 0) is 13.1 Å². The minimum Gasteiger partial charge on any atom is -0.508 e. The van der Waals surface area contributed by atoms with Crippen molar-refractivity contribution < 1.29 is 5.11 Å². The molecule has 0 saturated carbocycles. The van der Waals surface area contributed by atoms with Crippen LogP contribution in [0.5, 0.6) is 5.75 Å². The van der Waals surface area contributed by atoms with Gasteiger partial charge in [0.05, 0.1) is 0 Å². The van der Waals surface area contributed by atoms with Gasteiger partial charge in [0.15, 0.2) is 0 Å². The van der Waals surface area contributed by atoms with Crippen LogP contribution in [0.15, 0.2) is 47.3 Å². The molecule has 0 aliphatic heterocycles. The Balaban J connectivity index is 0.00000243. The summed E-state index contributed by atoms with van der Waals surface area (Å²) in [5.41, 5.74) is 8.51. The minimum absolute atomic E-state index is 0. The molecule has 138 valence electrons. The first-order valence-electron chi connectivity index (χ1n) is 8.26. The monoisotopic (exact) mass is 392 g/mol. The maximum Gasteiger partial charge on any atom is 0.258 e. The van der Waals surface area contributed by atoms with Gasteiger partial charge in [0.1, 0.15) is 5.75 Å². The fraction of sp³-hybridized carbons (Fsp3) is 0.250. The van der Waals surface area contributed by atoms with E-state index in [1.54, 1.807) is 16.7 Å². The summed E-state index contributed by atoms with van der Waals surface area (Å²) >= 11 is 6.02. The summed E-state index contributed by atoms with van der Waals surface area (Å²) < 4.78 is 1.76. The smallest absolute Gasteiger partial charge is 0.258 e. The zero-order valence-corrected chi connectivity index (χ0v) is 16.3. The van der Waals surface area contributed by atoms with Crippen LogP contribution in [0.1, 0.15) is 19.5 Å². The summed E-state index contributed by atoms with van der Waals surface area (Å²) in [4.78, 5) is 13.0. The van der Waals surface area contributed by atoms with Crippen LogP contribution in [-0.4, -0.2) is 9.67 Å². The second-order valence-electron chi connectivity index (χ2n) is 6.57. The number of hydrogen-bond acceptors (Lipinski definition) is 3. The van der Waals surface area contributed by atoms with Gasteiger partial charge in [-0.15, -0.1) is 12.4 Å². The van der Waals surface area contributed by atoms with Crippen molar-refractivity contribution in [2.75, 3.05) is 0 Å². The maximum atomic E-state index is 13.0. The lowest BCUT2D eigenvalue weighted by atomic mass is 9.96. The van der Waals surface area contributed by atoms with E-state index in [0.29, 0.717) is 28.3 Å². The van der Waals surface area contributed by atoms with Gasteiger partial charge in [0.2, 0.25) is 0 Å². The first-order valence-corrected chi connectivity index (χ1v) is 8.64. The third kappa shape index (κ3) is 3.73. The number of nitrogens with zero attached hydrogens (tertiary/aromatic N) is 1. The molecule has 0 radical (unpaired) electrons. The molecule has 0 amide bonds. The largest absolute Gasteiger partial charge is 0.508 e. The highest BCUT2D eigenvalue weighted by molar-refractivity contribution is 6.30. The average Bonchev–Trinajstić information content (AvgIpc) is 2.57. The molecule has 0 aliphatic carbocycles. The first kappa shape index (κ1) is 20.3. The number of aromatic hydroxyl groups is 1. The van der Waals surface area contributed by atoms with Gasteiger partial charge in [0.25, 0.3) is 5.56 Å². The Labute approximate surface area is 163 Å². The summed E-state index contributed by atoms with van der Waals surface area (Å²) in [7, 11) is 0. The molecule has 1 aromatic heterocycles. The molecule has 26 heavy (non-hydrogen) atoms. The number of hydrogen-bond donors (Lipinski definition) is 2. The zero-order chi connectivity index (χ0) is 18.1. The van der Waals surface area contributed by atoms with E-state index in [9.17, 15) is 9.90 Å². The van der Waals surface area contributed by atoms with E-state index < -0.39 is 0 Å². The fourth-order valence-electron chi connectivity index (χ4n) is 3.19. The Kier molecular flexibility index (Phi) is 6.34. The van der Waals surface area contributed by atoms with E-state index in [1.807, 2.05) is 24.3 Å². The topological polar surface area (TPSA) is 68.2 Å². The summed E-state index contributed by atoms with van der Waals surface area (Å²) in [5, 5.41) is 11.9. The highest BCUT2D eigenvalue weighted by Crippen LogP contribution is 2.33. The van der Waals surface area contributed by atoms with Crippen molar-refractivity contribution in [2.24, 2.45) is 11.7 Å². The molecule has 2 aromatic carbocycles. The summed E-state index contributed by atoms with van der Waals surface area (Å²) in [6, 6.07) is 12.3. The van der Waals surface area contributed by atoms with E-state index in [1.165, 1.54) is 6.07 Å². The lowest BCUT2D eigenvalue weighted by molar-refractivity contribution is 0.476. The van der Waals surface area contributed by atoms with Gasteiger partial charge < -0.3 is 15.4 Å². The summed E-state index contributed by atoms with van der Waals surface area (Å²) in [6.45, 7) is 4.94. The Morgan fingerprint density at radius 2 is 1.77 bits per heavy atom. The molecule has 4 nitrogen and oxygen atoms in total. The van der Waals surface area contributed by atoms with Crippen LogP contribution in [0, 0.1) is 5.92 Å². The fourth-order valence-corrected chi connectivity index (χ4v) is 3.32. The quantitative estimate of drug-likeness (QED) is 0.683. The number of aromatic nitrogens is 1. The average molecular weight is 393 g/mol. The standard InChI is InChI=1S/C20H21ClN2O2.ClH/c1-12(2)11-23-18(10-22)19(13-3-5-14(21)6-4-13)17-9-15(24)7-8-16(17)20(23)25;/h3-9,12,24H,10-11,22H2,1-2H3;1H. The highest BCUT2D eigenvalue weighted by atomic mass is 35.5. The molecule has 3 aromatic rings. The number of pyridine rings is 1. The molecule has 0 unspecified atom stereocenters. The second kappa shape index (κ2) is 8.12. The molecular formula is C20H22Cl2N2O2. The van der Waals surface area contributed by atoms with Gasteiger partial charge in [-0.1, -0.05) is 37.6 Å². The van der Waals surface area contributed by atoms with Gasteiger partial charge in [-0.05, 0) is 41.8 Å². The summed E-state index contributed by atoms with van der Waals surface area (Å²) in [6.07, 6.45) is 0. The van der Waals surface area contributed by atoms with Crippen LogP contribution in [0.25, 0.3) is 21.9 Å². The second-order valence-corrected chi connectivity index (χ2v) is 7.01. The van der Waals surface area contributed by atoms with Crippen molar-refractivity contribution in [3.8, 4) is 16.9 Å². The highest BCUT2D eigenvalue weighted by Gasteiger charge is 2.18. The normalized spacial score (nSPS) is 11.0. The Hall–Kier alpha value is -2.01. The molecule has 3 rings (SSSR count). The van der Waals surface area contributed by atoms with Crippen LogP contribution in [0.4, 0.5) is 0 Å². The zero-order valence-electron chi connectivity index (χ0n) is 14.7. The molecule has 0 aliphatic rings. The molecule has 1 heterocycles. The molecule has 3 N–H and O–H groups in total. The predicted octanol–water partition coefficient (Wildman–Crippen LogP) is 4.56. The van der Waals surface area contributed by atoms with Crippen LogP contribution >= 0.6 is 24.0 Å². The lowest BCUT2D eigenvalue weighted by Crippen LogP contribution is -2.28. The third-order valence-corrected chi connectivity index (χ3v) is 4.49. The molecule has 0 atom stereocenters. The first-order chi connectivity index (χ1) is 11.9. The Morgan fingerprint density at radius 1 is 1.12 bits per heavy atom. The van der Waals surface area contributed by atoms with E-state index in [-0.39, 0.29) is 30.3 Å². The minimum atomic E-state index is -0.0816. The van der Waals surface area contributed by atoms with Crippen molar-refractivity contribution in [1.29, 1.82) is 0 Å². The van der Waals surface area contributed by atoms with Crippen LogP contribution in [0.3, 0.4) is 0 Å². The number of phenolic OH excluding ortho intramolecular Hbond substituents is 1. The molecule has 6 heteroatoms. The third-order valence-electron chi connectivity index (χ3n) is 4.24. The van der Waals surface area contributed by atoms with Crippen LogP contribution in [0.2, 0.25) is 5.02 Å². The predicted molar refractivity (Wildman–Crippen MR) is 110 cm³/mol. The van der Waals surface area contributed by atoms with E-state index in [2.05, 4.69) is 13.8 Å². The van der Waals surface area contributed by atoms with Gasteiger partial charge in [-0.3, -0.25) is 4.79 Å². The number of rotatable bonds is 4. The Morgan fingerprint density at radius 3 is 2.35 bits per heavy atom. The van der Waals surface area contributed by atoms with Crippen molar-refractivity contribution in [2.45, 2.75) is 26.9 Å². The number of nitrogens with two attached hydrogens (primary N) is 1. The Bertz CT molecular complexity index is 980. The van der Waals surface area contributed by atoms with E-state index in [4.69, 9.17) is 17.3 Å². The van der Waals surface area contributed by atoms with Crippen molar-refractivity contribution in [3.63, 3.8) is 0 Å².